The van der Waals surface area contributed by atoms with Gasteiger partial charge in [-0.2, -0.15) is 5.26 Å². The molecular formula is C11H15Cl2N3O2S. The zero-order valence-electron chi connectivity index (χ0n) is 10.3. The van der Waals surface area contributed by atoms with E-state index in [1.807, 2.05) is 6.07 Å². The summed E-state index contributed by atoms with van der Waals surface area (Å²) in [5.74, 6) is 0. The second-order valence-electron chi connectivity index (χ2n) is 3.61. The van der Waals surface area contributed by atoms with Crippen LogP contribution in [0.25, 0.3) is 0 Å². The van der Waals surface area contributed by atoms with Gasteiger partial charge in [0.15, 0.2) is 0 Å². The summed E-state index contributed by atoms with van der Waals surface area (Å²) in [7, 11) is -1.78. The minimum atomic E-state index is -3.58. The van der Waals surface area contributed by atoms with E-state index in [0.717, 1.165) is 6.54 Å². The fraction of sp³-hybridized carbons (Fsp3) is 0.364. The summed E-state index contributed by atoms with van der Waals surface area (Å²) in [6, 6.07) is 5.90. The van der Waals surface area contributed by atoms with Crippen molar-refractivity contribution in [1.82, 2.24) is 10.0 Å². The summed E-state index contributed by atoms with van der Waals surface area (Å²) >= 11 is 5.75. The fourth-order valence-corrected chi connectivity index (χ4v) is 2.57. The Balaban J connectivity index is 0.00000324. The van der Waals surface area contributed by atoms with Crippen molar-refractivity contribution in [2.45, 2.75) is 11.3 Å². The number of nitrogens with zero attached hydrogens (tertiary/aromatic N) is 1. The Bertz CT molecular complexity index is 556. The molecule has 106 valence electrons. The molecule has 0 aliphatic heterocycles. The van der Waals surface area contributed by atoms with Gasteiger partial charge in [0, 0.05) is 6.54 Å². The zero-order valence-corrected chi connectivity index (χ0v) is 12.7. The van der Waals surface area contributed by atoms with Crippen molar-refractivity contribution in [2.75, 3.05) is 20.1 Å². The Morgan fingerprint density at radius 3 is 2.63 bits per heavy atom. The van der Waals surface area contributed by atoms with E-state index in [1.165, 1.54) is 18.2 Å². The molecule has 0 radical (unpaired) electrons. The van der Waals surface area contributed by atoms with Crippen LogP contribution < -0.4 is 10.0 Å². The number of hydrogen-bond donors (Lipinski definition) is 2. The quantitative estimate of drug-likeness (QED) is 0.778. The van der Waals surface area contributed by atoms with Crippen molar-refractivity contribution in [1.29, 1.82) is 5.26 Å². The summed E-state index contributed by atoms with van der Waals surface area (Å²) in [5, 5.41) is 12.0. The SMILES string of the molecule is CNCCCNS(=O)(=O)c1ccc(Cl)c(C#N)c1.Cl. The van der Waals surface area contributed by atoms with Crippen LogP contribution >= 0.6 is 24.0 Å². The van der Waals surface area contributed by atoms with Crippen LogP contribution in [0.5, 0.6) is 0 Å². The molecule has 1 rings (SSSR count). The molecule has 0 atom stereocenters. The Labute approximate surface area is 124 Å². The molecule has 19 heavy (non-hydrogen) atoms. The Morgan fingerprint density at radius 1 is 1.37 bits per heavy atom. The molecule has 1 aromatic rings. The molecule has 0 saturated carbocycles. The fourth-order valence-electron chi connectivity index (χ4n) is 1.31. The summed E-state index contributed by atoms with van der Waals surface area (Å²) in [5.41, 5.74) is 0.148. The van der Waals surface area contributed by atoms with Gasteiger partial charge < -0.3 is 5.32 Å². The van der Waals surface area contributed by atoms with Crippen LogP contribution in [0.15, 0.2) is 23.1 Å². The van der Waals surface area contributed by atoms with Crippen molar-refractivity contribution in [3.8, 4) is 6.07 Å². The van der Waals surface area contributed by atoms with Crippen LogP contribution in [0.2, 0.25) is 5.02 Å². The van der Waals surface area contributed by atoms with Crippen molar-refractivity contribution in [3.63, 3.8) is 0 Å². The first kappa shape index (κ1) is 18.2. The molecule has 5 nitrogen and oxygen atoms in total. The average molecular weight is 324 g/mol. The average Bonchev–Trinajstić information content (AvgIpc) is 2.35. The van der Waals surface area contributed by atoms with Crippen LogP contribution in [0, 0.1) is 11.3 Å². The highest BCUT2D eigenvalue weighted by atomic mass is 35.5. The first-order chi connectivity index (χ1) is 8.51. The maximum atomic E-state index is 11.9. The van der Waals surface area contributed by atoms with Gasteiger partial charge in [0.05, 0.1) is 15.5 Å². The summed E-state index contributed by atoms with van der Waals surface area (Å²) in [6.07, 6.45) is 0.689. The topological polar surface area (TPSA) is 82.0 Å². The van der Waals surface area contributed by atoms with Crippen molar-refractivity contribution in [2.24, 2.45) is 0 Å². The highest BCUT2D eigenvalue weighted by molar-refractivity contribution is 7.89. The van der Waals surface area contributed by atoms with E-state index in [4.69, 9.17) is 16.9 Å². The van der Waals surface area contributed by atoms with Gasteiger partial charge >= 0.3 is 0 Å². The highest BCUT2D eigenvalue weighted by Crippen LogP contribution is 2.19. The molecule has 8 heteroatoms. The lowest BCUT2D eigenvalue weighted by atomic mass is 10.2. The predicted octanol–water partition coefficient (Wildman–Crippen LogP) is 1.52. The van der Waals surface area contributed by atoms with E-state index in [-0.39, 0.29) is 27.9 Å². The van der Waals surface area contributed by atoms with Crippen LogP contribution in [-0.4, -0.2) is 28.6 Å². The smallest absolute Gasteiger partial charge is 0.240 e. The molecule has 0 spiro atoms. The highest BCUT2D eigenvalue weighted by Gasteiger charge is 2.14. The number of nitrogens with one attached hydrogen (secondary N) is 2. The molecule has 0 unspecified atom stereocenters. The monoisotopic (exact) mass is 323 g/mol. The number of hydrogen-bond acceptors (Lipinski definition) is 4. The lowest BCUT2D eigenvalue weighted by molar-refractivity contribution is 0.577. The van der Waals surface area contributed by atoms with Gasteiger partial charge in [0.1, 0.15) is 6.07 Å². The molecule has 0 bridgehead atoms. The summed E-state index contributed by atoms with van der Waals surface area (Å²) in [4.78, 5) is 0.0490. The number of halogens is 2. The maximum absolute atomic E-state index is 11.9. The first-order valence-corrected chi connectivity index (χ1v) is 7.21. The van der Waals surface area contributed by atoms with Crippen LogP contribution in [0.1, 0.15) is 12.0 Å². The normalized spacial score (nSPS) is 10.6. The van der Waals surface area contributed by atoms with Crippen LogP contribution in [0.4, 0.5) is 0 Å². The molecule has 1 aromatic carbocycles. The molecule has 0 aromatic heterocycles. The minimum absolute atomic E-state index is 0. The molecule has 0 heterocycles. The van der Waals surface area contributed by atoms with E-state index < -0.39 is 10.0 Å². The Kier molecular flexibility index (Phi) is 7.99. The lowest BCUT2D eigenvalue weighted by Gasteiger charge is -2.07. The van der Waals surface area contributed by atoms with E-state index in [1.54, 1.807) is 7.05 Å². The van der Waals surface area contributed by atoms with Crippen LogP contribution in [0.3, 0.4) is 0 Å². The molecule has 0 aliphatic rings. The Hall–Kier alpha value is -0.840. The minimum Gasteiger partial charge on any atom is -0.320 e. The number of sulfonamides is 1. The van der Waals surface area contributed by atoms with Gasteiger partial charge in [0.2, 0.25) is 10.0 Å². The van der Waals surface area contributed by atoms with Gasteiger partial charge in [-0.15, -0.1) is 12.4 Å². The molecule has 0 fully saturated rings. The van der Waals surface area contributed by atoms with Gasteiger partial charge in [0.25, 0.3) is 0 Å². The number of rotatable bonds is 6. The summed E-state index contributed by atoms with van der Waals surface area (Å²) in [6.45, 7) is 1.07. The van der Waals surface area contributed by atoms with Gasteiger partial charge in [-0.3, -0.25) is 0 Å². The third kappa shape index (κ3) is 5.35. The lowest BCUT2D eigenvalue weighted by Crippen LogP contribution is -2.26. The molecular weight excluding hydrogens is 309 g/mol. The largest absolute Gasteiger partial charge is 0.320 e. The molecule has 2 N–H and O–H groups in total. The zero-order chi connectivity index (χ0) is 13.6. The number of nitriles is 1. The van der Waals surface area contributed by atoms with E-state index in [2.05, 4.69) is 10.0 Å². The van der Waals surface area contributed by atoms with Crippen molar-refractivity contribution < 1.29 is 8.42 Å². The second kappa shape index (κ2) is 8.35. The predicted molar refractivity (Wildman–Crippen MR) is 77.1 cm³/mol. The first-order valence-electron chi connectivity index (χ1n) is 5.35. The van der Waals surface area contributed by atoms with Crippen molar-refractivity contribution in [3.05, 3.63) is 28.8 Å². The van der Waals surface area contributed by atoms with E-state index in [0.29, 0.717) is 13.0 Å². The van der Waals surface area contributed by atoms with Gasteiger partial charge in [-0.05, 0) is 38.2 Å². The maximum Gasteiger partial charge on any atom is 0.240 e. The Morgan fingerprint density at radius 2 is 2.05 bits per heavy atom. The summed E-state index contributed by atoms with van der Waals surface area (Å²) < 4.78 is 26.2. The third-order valence-corrected chi connectivity index (χ3v) is 4.05. The molecule has 0 amide bonds. The third-order valence-electron chi connectivity index (χ3n) is 2.26. The standard InChI is InChI=1S/C11H14ClN3O2S.ClH/c1-14-5-2-6-15-18(16,17)10-3-4-11(12)9(7-10)8-13;/h3-4,7,14-15H,2,5-6H2,1H3;1H. The van der Waals surface area contributed by atoms with Gasteiger partial charge in [-0.1, -0.05) is 11.6 Å². The van der Waals surface area contributed by atoms with Crippen LogP contribution in [-0.2, 0) is 10.0 Å². The van der Waals surface area contributed by atoms with Crippen molar-refractivity contribution >= 4 is 34.0 Å². The van der Waals surface area contributed by atoms with Gasteiger partial charge in [-0.25, -0.2) is 13.1 Å². The molecule has 0 saturated heterocycles. The van der Waals surface area contributed by atoms with E-state index >= 15 is 0 Å². The number of benzene rings is 1. The molecule has 0 aliphatic carbocycles. The second-order valence-corrected chi connectivity index (χ2v) is 5.78. The van der Waals surface area contributed by atoms with E-state index in [9.17, 15) is 8.42 Å².